The summed E-state index contributed by atoms with van der Waals surface area (Å²) in [5.74, 6) is 0. The van der Waals surface area contributed by atoms with Crippen LogP contribution in [0.15, 0.2) is 18.2 Å². The number of benzene rings is 1. The van der Waals surface area contributed by atoms with Crippen molar-refractivity contribution in [3.63, 3.8) is 0 Å². The van der Waals surface area contributed by atoms with Crippen LogP contribution in [-0.4, -0.2) is 28.9 Å². The highest BCUT2D eigenvalue weighted by molar-refractivity contribution is 5.86. The van der Waals surface area contributed by atoms with Crippen molar-refractivity contribution in [1.82, 2.24) is 4.57 Å². The van der Waals surface area contributed by atoms with Crippen LogP contribution in [0.4, 0.5) is 0 Å². The minimum Gasteiger partial charge on any atom is -1.00 e. The van der Waals surface area contributed by atoms with E-state index in [2.05, 4.69) is 36.6 Å². The van der Waals surface area contributed by atoms with Crippen molar-refractivity contribution >= 4 is 10.9 Å². The van der Waals surface area contributed by atoms with Gasteiger partial charge in [-0.15, -0.1) is 0 Å². The molecule has 1 aliphatic heterocycles. The van der Waals surface area contributed by atoms with Gasteiger partial charge in [-0.3, -0.25) is 0 Å². The van der Waals surface area contributed by atoms with Crippen molar-refractivity contribution < 1.29 is 22.4 Å². The van der Waals surface area contributed by atoms with Gasteiger partial charge >= 0.3 is 0 Å². The van der Waals surface area contributed by atoms with Crippen molar-refractivity contribution in [2.75, 3.05) is 13.1 Å². The second-order valence-corrected chi connectivity index (χ2v) is 6.81. The fraction of sp³-hybridized carbons (Fsp3) is 0.556. The summed E-state index contributed by atoms with van der Waals surface area (Å²) in [5.41, 5.74) is 5.75. The van der Waals surface area contributed by atoms with Gasteiger partial charge in [0.15, 0.2) is 0 Å². The van der Waals surface area contributed by atoms with E-state index in [9.17, 15) is 5.11 Å². The number of rotatable bonds is 1. The van der Waals surface area contributed by atoms with Crippen LogP contribution in [0.3, 0.4) is 0 Å². The number of hydrogen-bond acceptors (Lipinski definition) is 1. The zero-order valence-electron chi connectivity index (χ0n) is 13.4. The summed E-state index contributed by atoms with van der Waals surface area (Å²) in [6, 6.07) is 7.37. The maximum absolute atomic E-state index is 10.5. The number of nitrogens with one attached hydrogen (secondary N) is 1. The second-order valence-electron chi connectivity index (χ2n) is 6.81. The van der Waals surface area contributed by atoms with Gasteiger partial charge in [-0.2, -0.15) is 0 Å². The first-order valence-electron chi connectivity index (χ1n) is 8.33. The lowest BCUT2D eigenvalue weighted by atomic mass is 9.90. The summed E-state index contributed by atoms with van der Waals surface area (Å²) in [5, 5.41) is 11.9. The van der Waals surface area contributed by atoms with Gasteiger partial charge in [-0.05, 0) is 44.4 Å². The van der Waals surface area contributed by atoms with E-state index in [4.69, 9.17) is 0 Å². The van der Waals surface area contributed by atoms with E-state index in [-0.39, 0.29) is 18.5 Å². The van der Waals surface area contributed by atoms with Crippen molar-refractivity contribution in [2.24, 2.45) is 0 Å². The van der Waals surface area contributed by atoms with Crippen molar-refractivity contribution in [1.29, 1.82) is 0 Å². The summed E-state index contributed by atoms with van der Waals surface area (Å²) in [6.07, 6.45) is 3.51. The van der Waals surface area contributed by atoms with Crippen molar-refractivity contribution in [3.8, 4) is 0 Å². The standard InChI is InChI=1S/C18H24N2O.ClH/c1-3-19-10-13(21)11-20-16-8-7-12(2)9-15(16)14-5-4-6-17(19)18(14)20;/h7-9,13,17,21H,3-6,10-11H2,1-2H3;1H. The fourth-order valence-corrected chi connectivity index (χ4v) is 4.54. The Kier molecular flexibility index (Phi) is 4.23. The molecule has 3 unspecified atom stereocenters. The molecule has 1 aromatic carbocycles. The fourth-order valence-electron chi connectivity index (χ4n) is 4.54. The van der Waals surface area contributed by atoms with Crippen molar-refractivity contribution in [2.45, 2.75) is 51.8 Å². The number of hydrogen-bond donors (Lipinski definition) is 2. The lowest BCUT2D eigenvalue weighted by Crippen LogP contribution is -3.13. The Bertz CT molecular complexity index is 694. The second kappa shape index (κ2) is 5.88. The molecule has 2 heterocycles. The van der Waals surface area contributed by atoms with E-state index in [1.165, 1.54) is 41.4 Å². The number of fused-ring (bicyclic) bond motifs is 3. The van der Waals surface area contributed by atoms with E-state index in [1.54, 1.807) is 10.5 Å². The molecule has 0 spiro atoms. The number of aryl methyl sites for hydroxylation is 2. The molecule has 1 aromatic heterocycles. The van der Waals surface area contributed by atoms with Crippen LogP contribution in [0.2, 0.25) is 0 Å². The Balaban J connectivity index is 0.00000144. The molecule has 4 rings (SSSR count). The van der Waals surface area contributed by atoms with Crippen LogP contribution in [0, 0.1) is 6.92 Å². The predicted molar refractivity (Wildman–Crippen MR) is 84.7 cm³/mol. The van der Waals surface area contributed by atoms with Gasteiger partial charge in [0.2, 0.25) is 0 Å². The molecule has 0 saturated heterocycles. The van der Waals surface area contributed by atoms with Crippen LogP contribution >= 0.6 is 0 Å². The number of halogens is 1. The number of likely N-dealkylation sites (N-methyl/N-ethyl adjacent to an activating group) is 1. The van der Waals surface area contributed by atoms with Gasteiger partial charge in [0.25, 0.3) is 0 Å². The molecule has 2 N–H and O–H groups in total. The monoisotopic (exact) mass is 320 g/mol. The number of aromatic nitrogens is 1. The highest BCUT2D eigenvalue weighted by atomic mass is 35.5. The molecule has 0 fully saturated rings. The molecule has 4 heteroatoms. The molecule has 0 saturated carbocycles. The summed E-state index contributed by atoms with van der Waals surface area (Å²) in [6.45, 7) is 7.17. The normalized spacial score (nSPS) is 27.1. The Labute approximate surface area is 138 Å². The topological polar surface area (TPSA) is 29.6 Å². The Hall–Kier alpha value is -1.03. The van der Waals surface area contributed by atoms with Crippen LogP contribution in [0.25, 0.3) is 10.9 Å². The molecule has 2 aromatic rings. The zero-order chi connectivity index (χ0) is 14.6. The lowest BCUT2D eigenvalue weighted by Gasteiger charge is -2.30. The third-order valence-corrected chi connectivity index (χ3v) is 5.46. The number of quaternary nitrogens is 1. The average molecular weight is 321 g/mol. The lowest BCUT2D eigenvalue weighted by molar-refractivity contribution is -0.933. The van der Waals surface area contributed by atoms with E-state index in [1.807, 2.05) is 0 Å². The third-order valence-electron chi connectivity index (χ3n) is 5.46. The third kappa shape index (κ3) is 2.27. The van der Waals surface area contributed by atoms with Crippen LogP contribution in [0.5, 0.6) is 0 Å². The molecule has 22 heavy (non-hydrogen) atoms. The minimum atomic E-state index is -0.230. The molecular weight excluding hydrogens is 296 g/mol. The Morgan fingerprint density at radius 2 is 2.18 bits per heavy atom. The Morgan fingerprint density at radius 3 is 2.95 bits per heavy atom. The van der Waals surface area contributed by atoms with Crippen LogP contribution in [0.1, 0.15) is 42.6 Å². The van der Waals surface area contributed by atoms with Crippen LogP contribution < -0.4 is 17.3 Å². The smallest absolute Gasteiger partial charge is 0.129 e. The molecule has 1 aliphatic carbocycles. The largest absolute Gasteiger partial charge is 1.00 e. The average Bonchev–Trinajstić information content (AvgIpc) is 2.69. The molecule has 3 atom stereocenters. The summed E-state index contributed by atoms with van der Waals surface area (Å²) >= 11 is 0. The van der Waals surface area contributed by atoms with Crippen molar-refractivity contribution in [3.05, 3.63) is 35.0 Å². The molecular formula is C18H25ClN2O. The van der Waals surface area contributed by atoms with Gasteiger partial charge in [0.05, 0.1) is 18.8 Å². The Morgan fingerprint density at radius 1 is 1.36 bits per heavy atom. The summed E-state index contributed by atoms with van der Waals surface area (Å²) < 4.78 is 2.43. The molecule has 2 aliphatic rings. The molecule has 0 amide bonds. The maximum atomic E-state index is 10.5. The molecule has 0 bridgehead atoms. The van der Waals surface area contributed by atoms with Crippen LogP contribution in [-0.2, 0) is 13.0 Å². The first kappa shape index (κ1) is 15.9. The first-order chi connectivity index (χ1) is 10.2. The SMILES string of the molecule is CC[NH+]1CC(O)Cn2c3c(c4cc(C)ccc42)CCCC31.[Cl-]. The van der Waals surface area contributed by atoms with E-state index < -0.39 is 0 Å². The number of nitrogens with zero attached hydrogens (tertiary/aromatic N) is 1. The zero-order valence-corrected chi connectivity index (χ0v) is 14.2. The highest BCUT2D eigenvalue weighted by Gasteiger charge is 2.37. The molecule has 0 radical (unpaired) electrons. The quantitative estimate of drug-likeness (QED) is 0.666. The number of aliphatic hydroxyl groups excluding tert-OH is 1. The minimum absolute atomic E-state index is 0. The van der Waals surface area contributed by atoms with E-state index in [0.29, 0.717) is 6.04 Å². The summed E-state index contributed by atoms with van der Waals surface area (Å²) in [7, 11) is 0. The summed E-state index contributed by atoms with van der Waals surface area (Å²) in [4.78, 5) is 1.56. The molecule has 120 valence electrons. The van der Waals surface area contributed by atoms with E-state index in [0.717, 1.165) is 19.6 Å². The van der Waals surface area contributed by atoms with Gasteiger partial charge < -0.3 is 27.0 Å². The first-order valence-corrected chi connectivity index (χ1v) is 8.33. The van der Waals surface area contributed by atoms with Gasteiger partial charge in [-0.1, -0.05) is 11.6 Å². The maximum Gasteiger partial charge on any atom is 0.129 e. The van der Waals surface area contributed by atoms with E-state index >= 15 is 0 Å². The number of aliphatic hydroxyl groups is 1. The van der Waals surface area contributed by atoms with Gasteiger partial charge in [0.1, 0.15) is 18.7 Å². The predicted octanol–water partition coefficient (Wildman–Crippen LogP) is -1.39. The van der Waals surface area contributed by atoms with Gasteiger partial charge in [0, 0.05) is 17.3 Å². The molecule has 3 nitrogen and oxygen atoms in total. The highest BCUT2D eigenvalue weighted by Crippen LogP contribution is 2.37. The van der Waals surface area contributed by atoms with Gasteiger partial charge in [-0.25, -0.2) is 0 Å².